The highest BCUT2D eigenvalue weighted by molar-refractivity contribution is 7.80. The number of nitrogens with one attached hydrogen (secondary N) is 1. The SMILES string of the molecule is C=C(Cl)CNC(=O)c1ccc(F)c(S)c1. The van der Waals surface area contributed by atoms with Crippen LogP contribution in [0.3, 0.4) is 0 Å². The van der Waals surface area contributed by atoms with Crippen molar-refractivity contribution in [1.82, 2.24) is 5.32 Å². The monoisotopic (exact) mass is 245 g/mol. The van der Waals surface area contributed by atoms with Crippen LogP contribution in [0.2, 0.25) is 0 Å². The molecule has 0 radical (unpaired) electrons. The lowest BCUT2D eigenvalue weighted by molar-refractivity contribution is 0.0957. The number of carbonyl (C=O) groups is 1. The molecule has 0 bridgehead atoms. The molecule has 0 spiro atoms. The average molecular weight is 246 g/mol. The summed E-state index contributed by atoms with van der Waals surface area (Å²) in [6.07, 6.45) is 0. The van der Waals surface area contributed by atoms with E-state index in [1.54, 1.807) is 0 Å². The summed E-state index contributed by atoms with van der Waals surface area (Å²) in [5, 5.41) is 2.85. The van der Waals surface area contributed by atoms with Crippen LogP contribution in [0.25, 0.3) is 0 Å². The Kier molecular flexibility index (Phi) is 4.17. The van der Waals surface area contributed by atoms with E-state index in [-0.39, 0.29) is 17.3 Å². The summed E-state index contributed by atoms with van der Waals surface area (Å²) in [4.78, 5) is 11.6. The molecule has 1 amide bonds. The van der Waals surface area contributed by atoms with Crippen LogP contribution in [0, 0.1) is 5.82 Å². The third-order valence-electron chi connectivity index (χ3n) is 1.65. The molecule has 0 fully saturated rings. The first kappa shape index (κ1) is 12.1. The van der Waals surface area contributed by atoms with Gasteiger partial charge in [0.15, 0.2) is 0 Å². The molecule has 0 aliphatic rings. The van der Waals surface area contributed by atoms with E-state index >= 15 is 0 Å². The van der Waals surface area contributed by atoms with Crippen molar-refractivity contribution in [2.24, 2.45) is 0 Å². The fourth-order valence-corrected chi connectivity index (χ4v) is 1.21. The summed E-state index contributed by atoms with van der Waals surface area (Å²) in [5.41, 5.74) is 0.333. The summed E-state index contributed by atoms with van der Waals surface area (Å²) in [7, 11) is 0. The minimum absolute atomic E-state index is 0.132. The van der Waals surface area contributed by atoms with Gasteiger partial charge in [-0.25, -0.2) is 4.39 Å². The second-order valence-electron chi connectivity index (χ2n) is 2.87. The lowest BCUT2D eigenvalue weighted by Crippen LogP contribution is -2.24. The van der Waals surface area contributed by atoms with Crippen molar-refractivity contribution in [3.8, 4) is 0 Å². The number of hydrogen-bond donors (Lipinski definition) is 2. The van der Waals surface area contributed by atoms with Crippen molar-refractivity contribution < 1.29 is 9.18 Å². The number of benzene rings is 1. The highest BCUT2D eigenvalue weighted by Gasteiger charge is 2.07. The second kappa shape index (κ2) is 5.19. The molecule has 0 atom stereocenters. The molecule has 1 rings (SSSR count). The smallest absolute Gasteiger partial charge is 0.251 e. The van der Waals surface area contributed by atoms with E-state index in [2.05, 4.69) is 24.5 Å². The maximum absolute atomic E-state index is 12.8. The van der Waals surface area contributed by atoms with Crippen molar-refractivity contribution in [2.75, 3.05) is 6.54 Å². The van der Waals surface area contributed by atoms with E-state index in [4.69, 9.17) is 11.6 Å². The molecule has 0 aliphatic carbocycles. The first-order chi connectivity index (χ1) is 7.00. The fourth-order valence-electron chi connectivity index (χ4n) is 0.932. The zero-order valence-corrected chi connectivity index (χ0v) is 9.41. The minimum atomic E-state index is -0.461. The first-order valence-corrected chi connectivity index (χ1v) is 4.93. The Morgan fingerprint density at radius 2 is 2.27 bits per heavy atom. The Balaban J connectivity index is 2.74. The number of amides is 1. The van der Waals surface area contributed by atoms with Gasteiger partial charge in [0.1, 0.15) is 5.82 Å². The Hall–Kier alpha value is -1.00. The maximum Gasteiger partial charge on any atom is 0.251 e. The third-order valence-corrected chi connectivity index (χ3v) is 2.13. The number of halogens is 2. The van der Waals surface area contributed by atoms with E-state index in [1.165, 1.54) is 18.2 Å². The lowest BCUT2D eigenvalue weighted by atomic mass is 10.2. The van der Waals surface area contributed by atoms with Crippen LogP contribution in [-0.4, -0.2) is 12.5 Å². The van der Waals surface area contributed by atoms with Crippen LogP contribution in [0.1, 0.15) is 10.4 Å². The Labute approximate surface area is 97.5 Å². The standard InChI is InChI=1S/C10H9ClFNOS/c1-6(11)5-13-10(14)7-2-3-8(12)9(15)4-7/h2-4,15H,1,5H2,(H,13,14). The molecule has 0 saturated carbocycles. The molecule has 1 aromatic rings. The summed E-state index contributed by atoms with van der Waals surface area (Å²) in [5.74, 6) is -0.802. The fraction of sp³-hybridized carbons (Fsp3) is 0.100. The van der Waals surface area contributed by atoms with Gasteiger partial charge in [-0.3, -0.25) is 4.79 Å². The molecule has 0 aliphatic heterocycles. The summed E-state index contributed by atoms with van der Waals surface area (Å²) >= 11 is 9.35. The van der Waals surface area contributed by atoms with E-state index < -0.39 is 5.82 Å². The molecule has 2 nitrogen and oxygen atoms in total. The first-order valence-electron chi connectivity index (χ1n) is 4.10. The van der Waals surface area contributed by atoms with Gasteiger partial charge in [-0.2, -0.15) is 0 Å². The van der Waals surface area contributed by atoms with Gasteiger partial charge < -0.3 is 5.32 Å². The highest BCUT2D eigenvalue weighted by Crippen LogP contribution is 2.14. The third kappa shape index (κ3) is 3.57. The van der Waals surface area contributed by atoms with Crippen LogP contribution in [0.15, 0.2) is 34.7 Å². The number of carbonyl (C=O) groups excluding carboxylic acids is 1. The van der Waals surface area contributed by atoms with Gasteiger partial charge in [-0.1, -0.05) is 18.2 Å². The largest absolute Gasteiger partial charge is 0.347 e. The normalized spacial score (nSPS) is 9.80. The van der Waals surface area contributed by atoms with Crippen LogP contribution in [0.4, 0.5) is 4.39 Å². The Bertz CT molecular complexity index is 408. The Morgan fingerprint density at radius 1 is 1.60 bits per heavy atom. The van der Waals surface area contributed by atoms with Crippen molar-refractivity contribution >= 4 is 30.1 Å². The van der Waals surface area contributed by atoms with Gasteiger partial charge in [0, 0.05) is 15.5 Å². The quantitative estimate of drug-likeness (QED) is 0.788. The van der Waals surface area contributed by atoms with Gasteiger partial charge >= 0.3 is 0 Å². The second-order valence-corrected chi connectivity index (χ2v) is 3.88. The molecule has 1 aromatic carbocycles. The van der Waals surface area contributed by atoms with Crippen molar-refractivity contribution in [2.45, 2.75) is 4.90 Å². The zero-order valence-electron chi connectivity index (χ0n) is 7.76. The van der Waals surface area contributed by atoms with Crippen molar-refractivity contribution in [1.29, 1.82) is 0 Å². The van der Waals surface area contributed by atoms with Gasteiger partial charge in [-0.15, -0.1) is 12.6 Å². The van der Waals surface area contributed by atoms with Gasteiger partial charge in [0.2, 0.25) is 0 Å². The molecule has 0 heterocycles. The van der Waals surface area contributed by atoms with Crippen LogP contribution in [0.5, 0.6) is 0 Å². The molecule has 5 heteroatoms. The number of thiol groups is 1. The van der Waals surface area contributed by atoms with Crippen LogP contribution >= 0.6 is 24.2 Å². The van der Waals surface area contributed by atoms with E-state index in [0.717, 1.165) is 0 Å². The van der Waals surface area contributed by atoms with E-state index in [1.807, 2.05) is 0 Å². The maximum atomic E-state index is 12.8. The minimum Gasteiger partial charge on any atom is -0.347 e. The predicted molar refractivity (Wildman–Crippen MR) is 61.0 cm³/mol. The average Bonchev–Trinajstić information content (AvgIpc) is 2.18. The van der Waals surface area contributed by atoms with E-state index in [0.29, 0.717) is 10.6 Å². The molecule has 0 aromatic heterocycles. The molecule has 80 valence electrons. The Morgan fingerprint density at radius 3 is 2.80 bits per heavy atom. The molecule has 0 unspecified atom stereocenters. The van der Waals surface area contributed by atoms with Gasteiger partial charge in [0.25, 0.3) is 5.91 Å². The van der Waals surface area contributed by atoms with Crippen LogP contribution in [-0.2, 0) is 0 Å². The zero-order chi connectivity index (χ0) is 11.4. The molecular formula is C10H9ClFNOS. The van der Waals surface area contributed by atoms with Gasteiger partial charge in [0.05, 0.1) is 6.54 Å². The molecule has 1 N–H and O–H groups in total. The summed E-state index contributed by atoms with van der Waals surface area (Å²) in [6, 6.07) is 3.92. The molecule has 0 saturated heterocycles. The van der Waals surface area contributed by atoms with Crippen molar-refractivity contribution in [3.05, 3.63) is 41.2 Å². The number of hydrogen-bond acceptors (Lipinski definition) is 2. The van der Waals surface area contributed by atoms with E-state index in [9.17, 15) is 9.18 Å². The molecular weight excluding hydrogens is 237 g/mol. The van der Waals surface area contributed by atoms with Gasteiger partial charge in [-0.05, 0) is 18.2 Å². The topological polar surface area (TPSA) is 29.1 Å². The van der Waals surface area contributed by atoms with Crippen LogP contribution < -0.4 is 5.32 Å². The predicted octanol–water partition coefficient (Wildman–Crippen LogP) is 2.60. The molecule has 15 heavy (non-hydrogen) atoms. The number of rotatable bonds is 3. The highest BCUT2D eigenvalue weighted by atomic mass is 35.5. The lowest BCUT2D eigenvalue weighted by Gasteiger charge is -2.04. The summed E-state index contributed by atoms with van der Waals surface area (Å²) < 4.78 is 12.8. The van der Waals surface area contributed by atoms with Crippen molar-refractivity contribution in [3.63, 3.8) is 0 Å². The summed E-state index contributed by atoms with van der Waals surface area (Å²) in [6.45, 7) is 3.61.